The van der Waals surface area contributed by atoms with Gasteiger partial charge in [0.25, 0.3) is 0 Å². The van der Waals surface area contributed by atoms with Gasteiger partial charge in [-0.3, -0.25) is 4.39 Å². The Balaban J connectivity index is 1.68. The maximum atomic E-state index is 12.4. The third-order valence-corrected chi connectivity index (χ3v) is 4.35. The summed E-state index contributed by atoms with van der Waals surface area (Å²) in [6, 6.07) is 18.8. The molecular formula is C20H18FN2+. The fourth-order valence-corrected chi connectivity index (χ4v) is 3.16. The van der Waals surface area contributed by atoms with E-state index in [9.17, 15) is 4.39 Å². The largest absolute Gasteiger partial charge is 0.251 e. The predicted molar refractivity (Wildman–Crippen MR) is 92.3 cm³/mol. The fourth-order valence-electron chi connectivity index (χ4n) is 3.16. The van der Waals surface area contributed by atoms with Crippen LogP contribution in [0.25, 0.3) is 22.2 Å². The quantitative estimate of drug-likeness (QED) is 0.647. The lowest BCUT2D eigenvalue weighted by atomic mass is 10.0. The number of halogens is 1. The van der Waals surface area contributed by atoms with Gasteiger partial charge in [0.05, 0.1) is 24.3 Å². The lowest BCUT2D eigenvalue weighted by molar-refractivity contribution is -0.433. The monoisotopic (exact) mass is 305 g/mol. The number of alkyl halides is 1. The van der Waals surface area contributed by atoms with Gasteiger partial charge in [-0.1, -0.05) is 24.3 Å². The van der Waals surface area contributed by atoms with Crippen LogP contribution in [0.4, 0.5) is 10.1 Å². The van der Waals surface area contributed by atoms with E-state index in [1.807, 2.05) is 18.2 Å². The zero-order valence-corrected chi connectivity index (χ0v) is 12.9. The minimum atomic E-state index is -0.265. The summed E-state index contributed by atoms with van der Waals surface area (Å²) in [5.41, 5.74) is 5.63. The number of benzene rings is 2. The van der Waals surface area contributed by atoms with Crippen LogP contribution in [0.3, 0.4) is 0 Å². The summed E-state index contributed by atoms with van der Waals surface area (Å²) in [6.45, 7) is 0.482. The molecule has 0 unspecified atom stereocenters. The highest BCUT2D eigenvalue weighted by Gasteiger charge is 2.21. The van der Waals surface area contributed by atoms with Gasteiger partial charge in [0.1, 0.15) is 6.21 Å². The number of para-hydroxylation sites is 1. The predicted octanol–water partition coefficient (Wildman–Crippen LogP) is 4.53. The van der Waals surface area contributed by atoms with Crippen LogP contribution in [0, 0.1) is 0 Å². The molecule has 0 fully saturated rings. The SMILES string of the molecule is FCCC[N+]1=CCc2cc(-c3ccc4ccccc4n3)ccc21. The topological polar surface area (TPSA) is 15.9 Å². The van der Waals surface area contributed by atoms with Crippen molar-refractivity contribution in [2.75, 3.05) is 13.2 Å². The molecule has 0 aliphatic carbocycles. The number of rotatable bonds is 4. The second-order valence-electron chi connectivity index (χ2n) is 5.86. The van der Waals surface area contributed by atoms with E-state index in [0.29, 0.717) is 6.42 Å². The first-order chi connectivity index (χ1) is 11.3. The van der Waals surface area contributed by atoms with Crippen molar-refractivity contribution >= 4 is 22.8 Å². The van der Waals surface area contributed by atoms with Crippen molar-refractivity contribution in [1.29, 1.82) is 0 Å². The van der Waals surface area contributed by atoms with Crippen LogP contribution < -0.4 is 0 Å². The van der Waals surface area contributed by atoms with Crippen LogP contribution in [0.1, 0.15) is 12.0 Å². The van der Waals surface area contributed by atoms with Crippen molar-refractivity contribution < 1.29 is 8.97 Å². The summed E-state index contributed by atoms with van der Waals surface area (Å²) in [4.78, 5) is 4.77. The lowest BCUT2D eigenvalue weighted by Crippen LogP contribution is -2.05. The molecule has 23 heavy (non-hydrogen) atoms. The average molecular weight is 305 g/mol. The van der Waals surface area contributed by atoms with E-state index in [1.54, 1.807) is 0 Å². The third kappa shape index (κ3) is 2.63. The van der Waals surface area contributed by atoms with Gasteiger partial charge in [0.15, 0.2) is 6.54 Å². The van der Waals surface area contributed by atoms with Gasteiger partial charge in [-0.25, -0.2) is 9.56 Å². The van der Waals surface area contributed by atoms with E-state index >= 15 is 0 Å². The molecule has 1 aromatic heterocycles. The normalized spacial score (nSPS) is 13.2. The Morgan fingerprint density at radius 3 is 2.87 bits per heavy atom. The number of fused-ring (bicyclic) bond motifs is 2. The highest BCUT2D eigenvalue weighted by atomic mass is 19.1. The molecule has 114 valence electrons. The molecule has 0 saturated heterocycles. The van der Waals surface area contributed by atoms with Crippen molar-refractivity contribution in [2.24, 2.45) is 0 Å². The molecule has 1 aliphatic heterocycles. The molecule has 2 heterocycles. The number of nitrogens with zero attached hydrogens (tertiary/aromatic N) is 2. The van der Waals surface area contributed by atoms with E-state index in [-0.39, 0.29) is 6.67 Å². The second kappa shape index (κ2) is 5.92. The second-order valence-corrected chi connectivity index (χ2v) is 5.86. The highest BCUT2D eigenvalue weighted by molar-refractivity contribution is 5.82. The summed E-state index contributed by atoms with van der Waals surface area (Å²) in [5, 5.41) is 1.16. The molecule has 0 atom stereocenters. The van der Waals surface area contributed by atoms with Crippen molar-refractivity contribution in [3.63, 3.8) is 0 Å². The number of hydrogen-bond donors (Lipinski definition) is 0. The first kappa shape index (κ1) is 14.1. The van der Waals surface area contributed by atoms with E-state index < -0.39 is 0 Å². The van der Waals surface area contributed by atoms with Crippen LogP contribution in [0.5, 0.6) is 0 Å². The molecule has 0 spiro atoms. The summed E-state index contributed by atoms with van der Waals surface area (Å²) < 4.78 is 14.5. The number of pyridine rings is 1. The first-order valence-corrected chi connectivity index (χ1v) is 8.00. The minimum absolute atomic E-state index is 0.265. The molecule has 2 nitrogen and oxygen atoms in total. The Morgan fingerprint density at radius 2 is 1.96 bits per heavy atom. The van der Waals surface area contributed by atoms with Crippen molar-refractivity contribution in [3.05, 3.63) is 60.2 Å². The van der Waals surface area contributed by atoms with E-state index in [0.717, 1.165) is 35.1 Å². The summed E-state index contributed by atoms with van der Waals surface area (Å²) in [5.74, 6) is 0. The third-order valence-electron chi connectivity index (χ3n) is 4.35. The van der Waals surface area contributed by atoms with Gasteiger partial charge in [0.2, 0.25) is 5.69 Å². The zero-order valence-electron chi connectivity index (χ0n) is 12.9. The Labute approximate surface area is 134 Å². The van der Waals surface area contributed by atoms with Gasteiger partial charge in [-0.2, -0.15) is 0 Å². The summed E-state index contributed by atoms with van der Waals surface area (Å²) in [7, 11) is 0. The molecule has 3 aromatic rings. The van der Waals surface area contributed by atoms with Crippen molar-refractivity contribution in [2.45, 2.75) is 12.8 Å². The van der Waals surface area contributed by atoms with Crippen molar-refractivity contribution in [3.8, 4) is 11.3 Å². The highest BCUT2D eigenvalue weighted by Crippen LogP contribution is 2.29. The minimum Gasteiger partial charge on any atom is -0.251 e. The lowest BCUT2D eigenvalue weighted by Gasteiger charge is -2.05. The Bertz CT molecular complexity index is 899. The summed E-state index contributed by atoms with van der Waals surface area (Å²) >= 11 is 0. The standard InChI is InChI=1S/C20H18FN2/c21-11-3-12-23-13-10-17-14-16(7-9-20(17)23)19-8-6-15-4-1-2-5-18(15)22-19/h1-2,4-9,13-14H,3,10-12H2/q+1. The maximum Gasteiger partial charge on any atom is 0.208 e. The molecule has 4 rings (SSSR count). The van der Waals surface area contributed by atoms with E-state index in [2.05, 4.69) is 47.2 Å². The molecular weight excluding hydrogens is 287 g/mol. The van der Waals surface area contributed by atoms with Crippen LogP contribution in [0.2, 0.25) is 0 Å². The Kier molecular flexibility index (Phi) is 3.62. The maximum absolute atomic E-state index is 12.4. The van der Waals surface area contributed by atoms with Gasteiger partial charge in [0, 0.05) is 29.0 Å². The van der Waals surface area contributed by atoms with Gasteiger partial charge >= 0.3 is 0 Å². The summed E-state index contributed by atoms with van der Waals surface area (Å²) in [6.07, 6.45) is 3.63. The van der Waals surface area contributed by atoms with Gasteiger partial charge < -0.3 is 0 Å². The molecule has 0 amide bonds. The smallest absolute Gasteiger partial charge is 0.208 e. The Morgan fingerprint density at radius 1 is 1.04 bits per heavy atom. The zero-order chi connectivity index (χ0) is 15.6. The molecule has 1 aliphatic rings. The van der Waals surface area contributed by atoms with Crippen LogP contribution in [-0.2, 0) is 6.42 Å². The number of hydrogen-bond acceptors (Lipinski definition) is 1. The number of aromatic nitrogens is 1. The molecule has 2 aromatic carbocycles. The van der Waals surface area contributed by atoms with Crippen molar-refractivity contribution in [1.82, 2.24) is 4.98 Å². The van der Waals surface area contributed by atoms with Crippen LogP contribution in [-0.4, -0.2) is 29.0 Å². The van der Waals surface area contributed by atoms with Gasteiger partial charge in [-0.05, 0) is 24.3 Å². The molecule has 0 saturated carbocycles. The first-order valence-electron chi connectivity index (χ1n) is 8.00. The fraction of sp³-hybridized carbons (Fsp3) is 0.200. The molecule has 3 heteroatoms. The Hall–Kier alpha value is -2.55. The molecule has 0 N–H and O–H groups in total. The van der Waals surface area contributed by atoms with Crippen LogP contribution >= 0.6 is 0 Å². The molecule has 0 bridgehead atoms. The average Bonchev–Trinajstić information content (AvgIpc) is 3.01. The molecule has 0 radical (unpaired) electrons. The van der Waals surface area contributed by atoms with E-state index in [4.69, 9.17) is 4.98 Å². The van der Waals surface area contributed by atoms with Gasteiger partial charge in [-0.15, -0.1) is 0 Å². The van der Waals surface area contributed by atoms with Crippen LogP contribution in [0.15, 0.2) is 54.6 Å². The van der Waals surface area contributed by atoms with E-state index in [1.165, 1.54) is 11.3 Å².